The van der Waals surface area contributed by atoms with Gasteiger partial charge in [-0.15, -0.1) is 0 Å². The number of fused-ring (bicyclic) bond motifs is 4. The summed E-state index contributed by atoms with van der Waals surface area (Å²) in [6, 6.07) is 0. The molecule has 0 bridgehead atoms. The van der Waals surface area contributed by atoms with Crippen LogP contribution in [0, 0.1) is 51.8 Å². The molecule has 0 radical (unpaired) electrons. The van der Waals surface area contributed by atoms with E-state index in [2.05, 4.69) is 48.5 Å². The minimum atomic E-state index is 0.340. The molecule has 31 heavy (non-hydrogen) atoms. The molecule has 1 N–H and O–H groups in total. The van der Waals surface area contributed by atoms with E-state index < -0.39 is 0 Å². The van der Waals surface area contributed by atoms with Crippen LogP contribution in [0.4, 0.5) is 0 Å². The normalized spacial score (nSPS) is 42.4. The summed E-state index contributed by atoms with van der Waals surface area (Å²) < 4.78 is 0. The average Bonchev–Trinajstić information content (AvgIpc) is 3.07. The maximum Gasteiger partial charge on any atom is 0.0459 e. The molecule has 2 unspecified atom stereocenters. The first kappa shape index (κ1) is 23.8. The molecule has 178 valence electrons. The fraction of sp³-hybridized carbons (Fsp3) is 0.933. The number of hydrogen-bond donors (Lipinski definition) is 1. The van der Waals surface area contributed by atoms with E-state index in [9.17, 15) is 5.11 Å². The molecule has 8 atom stereocenters. The maximum atomic E-state index is 9.52. The van der Waals surface area contributed by atoms with Crippen molar-refractivity contribution in [2.75, 3.05) is 6.61 Å². The molecular formula is C30H52O. The fourth-order valence-electron chi connectivity index (χ4n) is 9.56. The summed E-state index contributed by atoms with van der Waals surface area (Å²) in [5, 5.41) is 9.52. The second kappa shape index (κ2) is 8.48. The van der Waals surface area contributed by atoms with Crippen molar-refractivity contribution in [1.82, 2.24) is 0 Å². The van der Waals surface area contributed by atoms with Gasteiger partial charge in [-0.2, -0.15) is 0 Å². The van der Waals surface area contributed by atoms with Crippen molar-refractivity contribution in [1.29, 1.82) is 0 Å². The highest BCUT2D eigenvalue weighted by Crippen LogP contribution is 2.68. The molecule has 0 aromatic heterocycles. The maximum absolute atomic E-state index is 9.52. The lowest BCUT2D eigenvalue weighted by molar-refractivity contribution is -0.00407. The predicted octanol–water partition coefficient (Wildman–Crippen LogP) is 8.42. The Bertz CT molecular complexity index is 689. The van der Waals surface area contributed by atoms with E-state index in [1.54, 1.807) is 0 Å². The van der Waals surface area contributed by atoms with Gasteiger partial charge in [0.2, 0.25) is 0 Å². The van der Waals surface area contributed by atoms with E-state index >= 15 is 0 Å². The smallest absolute Gasteiger partial charge is 0.0459 e. The number of aliphatic hydroxyl groups excluding tert-OH is 1. The van der Waals surface area contributed by atoms with E-state index in [1.807, 2.05) is 11.1 Å². The lowest BCUT2D eigenvalue weighted by atomic mass is 9.46. The van der Waals surface area contributed by atoms with Crippen LogP contribution in [-0.2, 0) is 0 Å². The third-order valence-corrected chi connectivity index (χ3v) is 11.8. The topological polar surface area (TPSA) is 20.2 Å². The van der Waals surface area contributed by atoms with Crippen LogP contribution in [0.25, 0.3) is 0 Å². The van der Waals surface area contributed by atoms with E-state index in [1.165, 1.54) is 70.6 Å². The van der Waals surface area contributed by atoms with Crippen LogP contribution in [0.3, 0.4) is 0 Å². The van der Waals surface area contributed by atoms with E-state index in [0.29, 0.717) is 34.7 Å². The van der Waals surface area contributed by atoms with Crippen molar-refractivity contribution < 1.29 is 5.11 Å². The summed E-state index contributed by atoms with van der Waals surface area (Å²) in [4.78, 5) is 0. The molecule has 4 aliphatic carbocycles. The van der Waals surface area contributed by atoms with E-state index in [4.69, 9.17) is 0 Å². The second-order valence-corrected chi connectivity index (χ2v) is 13.8. The Kier molecular flexibility index (Phi) is 6.53. The fourth-order valence-corrected chi connectivity index (χ4v) is 9.56. The van der Waals surface area contributed by atoms with Gasteiger partial charge >= 0.3 is 0 Å². The van der Waals surface area contributed by atoms with Crippen molar-refractivity contribution in [3.05, 3.63) is 11.1 Å². The number of hydrogen-bond acceptors (Lipinski definition) is 1. The van der Waals surface area contributed by atoms with Crippen molar-refractivity contribution in [2.45, 2.75) is 119 Å². The summed E-state index contributed by atoms with van der Waals surface area (Å²) in [7, 11) is 0. The van der Waals surface area contributed by atoms with Gasteiger partial charge in [0.1, 0.15) is 0 Å². The number of rotatable bonds is 6. The third kappa shape index (κ3) is 3.87. The molecule has 0 spiro atoms. The highest BCUT2D eigenvalue weighted by molar-refractivity contribution is 5.35. The van der Waals surface area contributed by atoms with Crippen molar-refractivity contribution in [3.63, 3.8) is 0 Å². The Hall–Kier alpha value is -0.300. The molecule has 2 saturated carbocycles. The standard InChI is InChI=1S/C30H52O/c1-20(22(3)19-31)9-10-21(2)24-12-13-25-23-11-14-27-28(4,5)16-8-17-30(27,7)26(23)15-18-29(24,25)6/h20-22,24-25,27,31H,8-19H2,1-7H3/t20-,21+,22?,24+,25-,27?,29+,30+/m0/s1. The molecule has 2 fully saturated rings. The summed E-state index contributed by atoms with van der Waals surface area (Å²) >= 11 is 0. The number of aliphatic hydroxyl groups is 1. The van der Waals surface area contributed by atoms with Crippen molar-refractivity contribution >= 4 is 0 Å². The molecule has 0 amide bonds. The Morgan fingerprint density at radius 1 is 0.871 bits per heavy atom. The summed E-state index contributed by atoms with van der Waals surface area (Å²) in [5.74, 6) is 4.59. The highest BCUT2D eigenvalue weighted by Gasteiger charge is 2.57. The van der Waals surface area contributed by atoms with Crippen molar-refractivity contribution in [3.8, 4) is 0 Å². The summed E-state index contributed by atoms with van der Waals surface area (Å²) in [5.41, 5.74) is 5.48. The van der Waals surface area contributed by atoms with Gasteiger partial charge in [0.25, 0.3) is 0 Å². The van der Waals surface area contributed by atoms with E-state index in [0.717, 1.165) is 23.7 Å². The number of allylic oxidation sites excluding steroid dienone is 2. The van der Waals surface area contributed by atoms with Gasteiger partial charge in [-0.1, -0.05) is 78.9 Å². The minimum Gasteiger partial charge on any atom is -0.396 e. The zero-order valence-corrected chi connectivity index (χ0v) is 21.9. The molecule has 4 rings (SSSR count). The SMILES string of the molecule is CC(CO)[C@@H](C)CC[C@@H](C)[C@H]1CC[C@H]2C3=C(CC[C@]12C)[C@@]1(C)CCCC(C)(C)C1CC3. The Morgan fingerprint density at radius 2 is 1.61 bits per heavy atom. The van der Waals surface area contributed by atoms with Crippen LogP contribution in [0.15, 0.2) is 11.1 Å². The third-order valence-electron chi connectivity index (χ3n) is 11.8. The lowest BCUT2D eigenvalue weighted by Gasteiger charge is -2.58. The molecule has 0 saturated heterocycles. The molecule has 0 aliphatic heterocycles. The molecular weight excluding hydrogens is 376 g/mol. The van der Waals surface area contributed by atoms with Gasteiger partial charge in [0.05, 0.1) is 0 Å². The molecule has 0 aromatic carbocycles. The minimum absolute atomic E-state index is 0.340. The molecule has 4 aliphatic rings. The first-order valence-electron chi connectivity index (χ1n) is 13.9. The monoisotopic (exact) mass is 428 g/mol. The van der Waals surface area contributed by atoms with Crippen LogP contribution in [0.2, 0.25) is 0 Å². The van der Waals surface area contributed by atoms with Crippen LogP contribution in [-0.4, -0.2) is 11.7 Å². The predicted molar refractivity (Wildman–Crippen MR) is 133 cm³/mol. The van der Waals surface area contributed by atoms with Crippen LogP contribution >= 0.6 is 0 Å². The van der Waals surface area contributed by atoms with Gasteiger partial charge in [0.15, 0.2) is 0 Å². The first-order valence-corrected chi connectivity index (χ1v) is 13.9. The Balaban J connectivity index is 1.52. The average molecular weight is 429 g/mol. The van der Waals surface area contributed by atoms with Crippen LogP contribution < -0.4 is 0 Å². The zero-order valence-electron chi connectivity index (χ0n) is 21.9. The lowest BCUT2D eigenvalue weighted by Crippen LogP contribution is -2.48. The van der Waals surface area contributed by atoms with Gasteiger partial charge < -0.3 is 5.11 Å². The zero-order chi connectivity index (χ0) is 22.6. The van der Waals surface area contributed by atoms with Gasteiger partial charge in [0, 0.05) is 6.61 Å². The molecule has 1 nitrogen and oxygen atoms in total. The van der Waals surface area contributed by atoms with Crippen LogP contribution in [0.5, 0.6) is 0 Å². The molecule has 0 heterocycles. The van der Waals surface area contributed by atoms with Crippen molar-refractivity contribution in [2.24, 2.45) is 51.8 Å². The van der Waals surface area contributed by atoms with Gasteiger partial charge in [-0.3, -0.25) is 0 Å². The van der Waals surface area contributed by atoms with Crippen LogP contribution in [0.1, 0.15) is 119 Å². The summed E-state index contributed by atoms with van der Waals surface area (Å²) in [6.45, 7) is 17.9. The Labute approximate surface area is 193 Å². The molecule has 0 aromatic rings. The summed E-state index contributed by atoms with van der Waals surface area (Å²) in [6.07, 6.45) is 15.5. The second-order valence-electron chi connectivity index (χ2n) is 13.8. The molecule has 1 heteroatoms. The Morgan fingerprint density at radius 3 is 2.32 bits per heavy atom. The van der Waals surface area contributed by atoms with Gasteiger partial charge in [-0.05, 0) is 103 Å². The quantitative estimate of drug-likeness (QED) is 0.421. The largest absolute Gasteiger partial charge is 0.396 e. The highest BCUT2D eigenvalue weighted by atomic mass is 16.3. The first-order chi connectivity index (χ1) is 14.5. The van der Waals surface area contributed by atoms with E-state index in [-0.39, 0.29) is 0 Å². The van der Waals surface area contributed by atoms with Gasteiger partial charge in [-0.25, -0.2) is 0 Å².